The molecule has 0 saturated carbocycles. The van der Waals surface area contributed by atoms with Crippen LogP contribution in [0.5, 0.6) is 5.75 Å². The summed E-state index contributed by atoms with van der Waals surface area (Å²) in [5.74, 6) is 0.150. The molecule has 9 heteroatoms. The number of rotatable bonds is 14. The summed E-state index contributed by atoms with van der Waals surface area (Å²) in [4.78, 5) is 1.90. The highest BCUT2D eigenvalue weighted by Crippen LogP contribution is 2.19. The average molecular weight is 452 g/mol. The first-order chi connectivity index (χ1) is 15.0. The van der Waals surface area contributed by atoms with Crippen molar-refractivity contribution in [3.05, 3.63) is 59.7 Å². The van der Waals surface area contributed by atoms with Crippen molar-refractivity contribution in [2.75, 3.05) is 44.4 Å². The van der Waals surface area contributed by atoms with Gasteiger partial charge in [0, 0.05) is 25.4 Å². The third-order valence-electron chi connectivity index (χ3n) is 4.32. The first kappa shape index (κ1) is 24.8. The third-order valence-corrected chi connectivity index (χ3v) is 5.18. The minimum atomic E-state index is -4.14. The van der Waals surface area contributed by atoms with Crippen molar-refractivity contribution in [3.63, 3.8) is 0 Å². The Bertz CT molecular complexity index is 890. The molecule has 0 atom stereocenters. The summed E-state index contributed by atoms with van der Waals surface area (Å²) in [6.45, 7) is 0.869. The molecule has 0 aliphatic carbocycles. The lowest BCUT2D eigenvalue weighted by Crippen LogP contribution is -2.29. The molecule has 2 aromatic carbocycles. The van der Waals surface area contributed by atoms with Crippen molar-refractivity contribution >= 4 is 28.2 Å². The summed E-state index contributed by atoms with van der Waals surface area (Å²) in [7, 11) is -4.14. The number of aliphatic hydroxyl groups excluding tert-OH is 3. The van der Waals surface area contributed by atoms with Crippen molar-refractivity contribution in [2.24, 2.45) is 0 Å². The molecule has 0 radical (unpaired) electrons. The molecule has 0 bridgehead atoms. The Labute approximate surface area is 183 Å². The molecule has 8 nitrogen and oxygen atoms in total. The zero-order chi connectivity index (χ0) is 22.5. The smallest absolute Gasteiger partial charge is 0.396 e. The third kappa shape index (κ3) is 9.07. The van der Waals surface area contributed by atoms with E-state index in [0.717, 1.165) is 16.8 Å². The molecular weight excluding hydrogens is 422 g/mol. The van der Waals surface area contributed by atoms with Gasteiger partial charge in [0.15, 0.2) is 0 Å². The summed E-state index contributed by atoms with van der Waals surface area (Å²) >= 11 is 0. The molecule has 0 amide bonds. The fourth-order valence-corrected chi connectivity index (χ4v) is 3.47. The molecule has 0 unspecified atom stereocenters. The van der Waals surface area contributed by atoms with E-state index in [2.05, 4.69) is 0 Å². The molecule has 0 spiro atoms. The van der Waals surface area contributed by atoms with Gasteiger partial charge in [0.05, 0.1) is 19.8 Å². The molecule has 0 aliphatic heterocycles. The molecule has 0 saturated heterocycles. The number of aliphatic hydroxyl groups is 3. The lowest BCUT2D eigenvalue weighted by molar-refractivity contribution is 0.239. The van der Waals surface area contributed by atoms with Crippen molar-refractivity contribution in [1.29, 1.82) is 0 Å². The van der Waals surface area contributed by atoms with E-state index in [0.29, 0.717) is 25.9 Å². The van der Waals surface area contributed by atoms with Crippen LogP contribution in [0.4, 0.5) is 5.69 Å². The van der Waals surface area contributed by atoms with Crippen LogP contribution in [-0.2, 0) is 14.6 Å². The lowest BCUT2D eigenvalue weighted by atomic mass is 10.1. The van der Waals surface area contributed by atoms with E-state index in [1.54, 1.807) is 24.3 Å². The van der Waals surface area contributed by atoms with Gasteiger partial charge in [-0.25, -0.2) is 4.18 Å². The fourth-order valence-electron chi connectivity index (χ4n) is 2.75. The Morgan fingerprint density at radius 2 is 1.32 bits per heavy atom. The van der Waals surface area contributed by atoms with Gasteiger partial charge in [-0.2, -0.15) is 8.42 Å². The second-order valence-electron chi connectivity index (χ2n) is 6.67. The summed E-state index contributed by atoms with van der Waals surface area (Å²) in [5, 5.41) is 27.0. The maximum atomic E-state index is 11.8. The van der Waals surface area contributed by atoms with Crippen LogP contribution in [0, 0.1) is 0 Å². The fraction of sp³-hybridized carbons (Fsp3) is 0.364. The first-order valence-corrected chi connectivity index (χ1v) is 11.4. The van der Waals surface area contributed by atoms with Gasteiger partial charge in [-0.3, -0.25) is 0 Å². The maximum absolute atomic E-state index is 11.8. The molecular formula is C22H29NO7S. The highest BCUT2D eigenvalue weighted by atomic mass is 32.3. The lowest BCUT2D eigenvalue weighted by Gasteiger charge is -2.22. The standard InChI is InChI=1S/C22H29NO7S/c24-15-1-2-18-29-31(27,28)30-22-11-7-20(8-12-22)4-3-19-5-9-21(10-6-19)23(13-16-25)14-17-26/h3-12,24-26H,1-2,13-18H2/b4-3+. The van der Waals surface area contributed by atoms with Gasteiger partial charge in [0.2, 0.25) is 0 Å². The zero-order valence-electron chi connectivity index (χ0n) is 17.3. The van der Waals surface area contributed by atoms with Crippen LogP contribution in [0.25, 0.3) is 12.2 Å². The van der Waals surface area contributed by atoms with Gasteiger partial charge < -0.3 is 24.4 Å². The molecule has 3 N–H and O–H groups in total. The van der Waals surface area contributed by atoms with Gasteiger partial charge >= 0.3 is 10.4 Å². The summed E-state index contributed by atoms with van der Waals surface area (Å²) in [5.41, 5.74) is 2.75. The molecule has 31 heavy (non-hydrogen) atoms. The van der Waals surface area contributed by atoms with E-state index in [9.17, 15) is 8.42 Å². The van der Waals surface area contributed by atoms with Crippen LogP contribution in [0.15, 0.2) is 48.5 Å². The second kappa shape index (κ2) is 13.1. The second-order valence-corrected chi connectivity index (χ2v) is 7.89. The van der Waals surface area contributed by atoms with Gasteiger partial charge in [-0.05, 0) is 48.2 Å². The molecule has 0 aromatic heterocycles. The predicted molar refractivity (Wildman–Crippen MR) is 120 cm³/mol. The molecule has 2 rings (SSSR count). The number of hydrogen-bond acceptors (Lipinski definition) is 8. The van der Waals surface area contributed by atoms with Gasteiger partial charge in [-0.15, -0.1) is 0 Å². The summed E-state index contributed by atoms with van der Waals surface area (Å²) in [6, 6.07) is 14.3. The van der Waals surface area contributed by atoms with Crippen molar-refractivity contribution < 1.29 is 32.1 Å². The van der Waals surface area contributed by atoms with E-state index in [1.807, 2.05) is 41.3 Å². The molecule has 170 valence electrons. The quantitative estimate of drug-likeness (QED) is 0.295. The molecule has 0 fully saturated rings. The largest absolute Gasteiger partial charge is 0.449 e. The van der Waals surface area contributed by atoms with Crippen molar-refractivity contribution in [2.45, 2.75) is 12.8 Å². The molecule has 0 heterocycles. The zero-order valence-corrected chi connectivity index (χ0v) is 18.1. The van der Waals surface area contributed by atoms with Gasteiger partial charge in [0.25, 0.3) is 0 Å². The van der Waals surface area contributed by atoms with Crippen LogP contribution in [0.3, 0.4) is 0 Å². The monoisotopic (exact) mass is 451 g/mol. The number of unbranched alkanes of at least 4 members (excludes halogenated alkanes) is 1. The van der Waals surface area contributed by atoms with Crippen LogP contribution >= 0.6 is 0 Å². The predicted octanol–water partition coefficient (Wildman–Crippen LogP) is 2.06. The number of benzene rings is 2. The Kier molecular flexibility index (Phi) is 10.5. The van der Waals surface area contributed by atoms with E-state index in [-0.39, 0.29) is 32.2 Å². The minimum Gasteiger partial charge on any atom is -0.396 e. The Hall–Kier alpha value is -2.43. The van der Waals surface area contributed by atoms with Crippen LogP contribution in [0.1, 0.15) is 24.0 Å². The summed E-state index contributed by atoms with van der Waals surface area (Å²) in [6.07, 6.45) is 4.69. The SMILES string of the molecule is O=S(=O)(OCCCCO)Oc1ccc(/C=C/c2ccc(N(CCO)CCO)cc2)cc1. The van der Waals surface area contributed by atoms with E-state index < -0.39 is 10.4 Å². The topological polar surface area (TPSA) is 117 Å². The van der Waals surface area contributed by atoms with Gasteiger partial charge in [0.1, 0.15) is 5.75 Å². The number of anilines is 1. The Balaban J connectivity index is 1.93. The highest BCUT2D eigenvalue weighted by Gasteiger charge is 2.13. The van der Waals surface area contributed by atoms with E-state index in [1.165, 1.54) is 0 Å². The van der Waals surface area contributed by atoms with Crippen molar-refractivity contribution in [3.8, 4) is 5.75 Å². The first-order valence-electron chi connectivity index (χ1n) is 10.0. The van der Waals surface area contributed by atoms with Crippen molar-refractivity contribution in [1.82, 2.24) is 0 Å². The minimum absolute atomic E-state index is 0.0124. The number of nitrogens with zero attached hydrogens (tertiary/aromatic N) is 1. The Morgan fingerprint density at radius 1 is 0.774 bits per heavy atom. The van der Waals surface area contributed by atoms with E-state index >= 15 is 0 Å². The van der Waals surface area contributed by atoms with Crippen LogP contribution in [-0.4, -0.2) is 63.3 Å². The normalized spacial score (nSPS) is 11.7. The van der Waals surface area contributed by atoms with Gasteiger partial charge in [-0.1, -0.05) is 36.4 Å². The maximum Gasteiger partial charge on any atom is 0.449 e. The molecule has 0 aliphatic rings. The number of hydrogen-bond donors (Lipinski definition) is 3. The average Bonchev–Trinajstić information content (AvgIpc) is 2.76. The summed E-state index contributed by atoms with van der Waals surface area (Å²) < 4.78 is 33.1. The van der Waals surface area contributed by atoms with E-state index in [4.69, 9.17) is 23.7 Å². The molecule has 2 aromatic rings. The van der Waals surface area contributed by atoms with Crippen LogP contribution in [0.2, 0.25) is 0 Å². The Morgan fingerprint density at radius 3 is 1.84 bits per heavy atom. The highest BCUT2D eigenvalue weighted by molar-refractivity contribution is 7.82. The van der Waals surface area contributed by atoms with Crippen LogP contribution < -0.4 is 9.08 Å².